The van der Waals surface area contributed by atoms with Gasteiger partial charge in [0.15, 0.2) is 5.82 Å². The van der Waals surface area contributed by atoms with Crippen molar-refractivity contribution in [3.63, 3.8) is 0 Å². The highest BCUT2D eigenvalue weighted by molar-refractivity contribution is 5.85. The van der Waals surface area contributed by atoms with Gasteiger partial charge in [0.1, 0.15) is 0 Å². The highest BCUT2D eigenvalue weighted by Crippen LogP contribution is 2.28. The zero-order valence-electron chi connectivity index (χ0n) is 22.9. The Bertz CT molecular complexity index is 1440. The van der Waals surface area contributed by atoms with E-state index in [1.54, 1.807) is 0 Å². The van der Waals surface area contributed by atoms with Crippen LogP contribution in [0.25, 0.3) is 22.2 Å². The van der Waals surface area contributed by atoms with Crippen LogP contribution in [0.15, 0.2) is 65.2 Å². The van der Waals surface area contributed by atoms with E-state index in [1.165, 1.54) is 41.2 Å². The summed E-state index contributed by atoms with van der Waals surface area (Å²) in [6.07, 6.45) is 8.47. The van der Waals surface area contributed by atoms with E-state index in [0.29, 0.717) is 24.2 Å². The Labute approximate surface area is 230 Å². The molecular weight excluding hydrogens is 484 g/mol. The van der Waals surface area contributed by atoms with Gasteiger partial charge in [0.05, 0.1) is 6.42 Å². The van der Waals surface area contributed by atoms with E-state index in [4.69, 9.17) is 4.52 Å². The average Bonchev–Trinajstić information content (AvgIpc) is 3.29. The second-order valence-corrected chi connectivity index (χ2v) is 11.4. The molecular formula is C33H38N4O2. The maximum absolute atomic E-state index is 12.7. The maximum atomic E-state index is 12.7. The molecule has 1 aliphatic carbocycles. The number of rotatable bonds is 7. The van der Waals surface area contributed by atoms with E-state index in [1.807, 2.05) is 19.1 Å². The molecule has 4 aromatic rings. The molecule has 0 spiro atoms. The van der Waals surface area contributed by atoms with Gasteiger partial charge < -0.3 is 14.7 Å². The Morgan fingerprint density at radius 1 is 0.949 bits per heavy atom. The summed E-state index contributed by atoms with van der Waals surface area (Å²) in [5.74, 6) is 2.19. The van der Waals surface area contributed by atoms with Crippen LogP contribution in [0.4, 0.5) is 0 Å². The lowest BCUT2D eigenvalue weighted by Gasteiger charge is -2.30. The predicted molar refractivity (Wildman–Crippen MR) is 154 cm³/mol. The number of nitrogens with zero attached hydrogens (tertiary/aromatic N) is 3. The molecule has 6 nitrogen and oxygen atoms in total. The van der Waals surface area contributed by atoms with Crippen molar-refractivity contribution in [1.82, 2.24) is 20.4 Å². The normalized spacial score (nSPS) is 19.9. The number of carbonyl (C=O) groups excluding carboxylic acids is 1. The van der Waals surface area contributed by atoms with Gasteiger partial charge in [-0.05, 0) is 104 Å². The summed E-state index contributed by atoms with van der Waals surface area (Å²) in [4.78, 5) is 19.8. The topological polar surface area (TPSA) is 71.3 Å². The van der Waals surface area contributed by atoms with Crippen LogP contribution >= 0.6 is 0 Å². The third kappa shape index (κ3) is 6.39. The highest BCUT2D eigenvalue weighted by Gasteiger charge is 2.24. The second kappa shape index (κ2) is 11.7. The van der Waals surface area contributed by atoms with Crippen molar-refractivity contribution in [2.75, 3.05) is 19.6 Å². The van der Waals surface area contributed by atoms with Gasteiger partial charge in [-0.3, -0.25) is 4.79 Å². The minimum absolute atomic E-state index is 0.148. The number of benzene rings is 3. The lowest BCUT2D eigenvalue weighted by atomic mass is 9.84. The minimum atomic E-state index is 0.148. The summed E-state index contributed by atoms with van der Waals surface area (Å²) >= 11 is 0. The fourth-order valence-corrected chi connectivity index (χ4v) is 6.32. The fourth-order valence-electron chi connectivity index (χ4n) is 6.32. The number of fused-ring (bicyclic) bond motifs is 2. The van der Waals surface area contributed by atoms with Gasteiger partial charge in [0.2, 0.25) is 5.91 Å². The first-order chi connectivity index (χ1) is 19.1. The Kier molecular flexibility index (Phi) is 7.73. The van der Waals surface area contributed by atoms with E-state index in [0.717, 1.165) is 62.4 Å². The molecule has 2 heterocycles. The van der Waals surface area contributed by atoms with Crippen molar-refractivity contribution >= 4 is 16.7 Å². The first-order valence-electron chi connectivity index (χ1n) is 14.5. The largest absolute Gasteiger partial charge is 0.353 e. The standard InChI is InChI=1S/C33H38N4O2/c1-23-34-33(39-36-23)30-11-10-27-15-18-37(19-16-29(27)22-30)17-14-24-7-12-31(13-8-24)35-32(38)21-25-6-9-26-4-2-3-5-28(26)20-25/h2-6,9-11,20,22,24,31H,7-8,12-19,21H2,1H3,(H,35,38). The van der Waals surface area contributed by atoms with Crippen molar-refractivity contribution in [1.29, 1.82) is 0 Å². The summed E-state index contributed by atoms with van der Waals surface area (Å²) in [5.41, 5.74) is 4.95. The number of nitrogens with one attached hydrogen (secondary N) is 1. The molecule has 1 amide bonds. The number of aryl methyl sites for hydroxylation is 1. The second-order valence-electron chi connectivity index (χ2n) is 11.4. The monoisotopic (exact) mass is 522 g/mol. The Morgan fingerprint density at radius 2 is 1.74 bits per heavy atom. The first-order valence-corrected chi connectivity index (χ1v) is 14.5. The molecule has 1 N–H and O–H groups in total. The molecule has 0 radical (unpaired) electrons. The molecule has 1 saturated carbocycles. The first kappa shape index (κ1) is 25.8. The molecule has 3 aromatic carbocycles. The zero-order chi connectivity index (χ0) is 26.6. The molecule has 202 valence electrons. The van der Waals surface area contributed by atoms with Crippen LogP contribution in [-0.2, 0) is 24.1 Å². The van der Waals surface area contributed by atoms with Crippen LogP contribution < -0.4 is 5.32 Å². The number of hydrogen-bond donors (Lipinski definition) is 1. The number of aromatic nitrogens is 2. The maximum Gasteiger partial charge on any atom is 0.257 e. The third-order valence-electron chi connectivity index (χ3n) is 8.62. The SMILES string of the molecule is Cc1noc(-c2ccc3c(c2)CCN(CCC2CCC(NC(=O)Cc4ccc5ccccc5c4)CC2)CC3)n1. The Hall–Kier alpha value is -3.51. The highest BCUT2D eigenvalue weighted by atomic mass is 16.5. The van der Waals surface area contributed by atoms with Gasteiger partial charge >= 0.3 is 0 Å². The zero-order valence-corrected chi connectivity index (χ0v) is 22.9. The third-order valence-corrected chi connectivity index (χ3v) is 8.62. The summed E-state index contributed by atoms with van der Waals surface area (Å²) in [6, 6.07) is 21.5. The molecule has 6 rings (SSSR count). The number of amides is 1. The predicted octanol–water partition coefficient (Wildman–Crippen LogP) is 5.91. The molecule has 1 fully saturated rings. The van der Waals surface area contributed by atoms with Gasteiger partial charge in [0.25, 0.3) is 5.89 Å². The van der Waals surface area contributed by atoms with Crippen LogP contribution in [0.2, 0.25) is 0 Å². The lowest BCUT2D eigenvalue weighted by Crippen LogP contribution is -2.39. The van der Waals surface area contributed by atoms with E-state index in [2.05, 4.69) is 68.9 Å². The smallest absolute Gasteiger partial charge is 0.257 e. The molecule has 1 aliphatic heterocycles. The Morgan fingerprint density at radius 3 is 2.54 bits per heavy atom. The molecule has 2 aliphatic rings. The van der Waals surface area contributed by atoms with E-state index >= 15 is 0 Å². The van der Waals surface area contributed by atoms with Gasteiger partial charge in [-0.2, -0.15) is 4.98 Å². The molecule has 1 aromatic heterocycles. The molecule has 0 atom stereocenters. The van der Waals surface area contributed by atoms with Crippen LogP contribution in [-0.4, -0.2) is 46.6 Å². The van der Waals surface area contributed by atoms with Gasteiger partial charge in [0, 0.05) is 24.7 Å². The molecule has 39 heavy (non-hydrogen) atoms. The summed E-state index contributed by atoms with van der Waals surface area (Å²) in [7, 11) is 0. The van der Waals surface area contributed by atoms with Crippen LogP contribution in [0.3, 0.4) is 0 Å². The summed E-state index contributed by atoms with van der Waals surface area (Å²) in [5, 5.41) is 9.66. The average molecular weight is 523 g/mol. The van der Waals surface area contributed by atoms with Gasteiger partial charge in [-0.15, -0.1) is 0 Å². The number of hydrogen-bond acceptors (Lipinski definition) is 5. The van der Waals surface area contributed by atoms with E-state index in [9.17, 15) is 4.79 Å². The van der Waals surface area contributed by atoms with Crippen molar-refractivity contribution in [3.8, 4) is 11.5 Å². The van der Waals surface area contributed by atoms with Crippen LogP contribution in [0.5, 0.6) is 0 Å². The van der Waals surface area contributed by atoms with Gasteiger partial charge in [-0.1, -0.05) is 53.7 Å². The summed E-state index contributed by atoms with van der Waals surface area (Å²) in [6.45, 7) is 5.23. The van der Waals surface area contributed by atoms with Crippen LogP contribution in [0.1, 0.15) is 54.6 Å². The van der Waals surface area contributed by atoms with Crippen molar-refractivity contribution in [3.05, 3.63) is 83.2 Å². The molecule has 0 bridgehead atoms. The molecule has 0 saturated heterocycles. The van der Waals surface area contributed by atoms with Gasteiger partial charge in [-0.25, -0.2) is 0 Å². The van der Waals surface area contributed by atoms with Crippen molar-refractivity contribution in [2.24, 2.45) is 5.92 Å². The summed E-state index contributed by atoms with van der Waals surface area (Å²) < 4.78 is 5.37. The van der Waals surface area contributed by atoms with Crippen molar-refractivity contribution in [2.45, 2.75) is 64.3 Å². The van der Waals surface area contributed by atoms with E-state index < -0.39 is 0 Å². The molecule has 6 heteroatoms. The molecule has 0 unspecified atom stereocenters. The lowest BCUT2D eigenvalue weighted by molar-refractivity contribution is -0.121. The van der Waals surface area contributed by atoms with Crippen molar-refractivity contribution < 1.29 is 9.32 Å². The Balaban J connectivity index is 0.932. The van der Waals surface area contributed by atoms with E-state index in [-0.39, 0.29) is 5.91 Å². The fraction of sp³-hybridized carbons (Fsp3) is 0.424. The van der Waals surface area contributed by atoms with Crippen LogP contribution in [0, 0.1) is 12.8 Å². The quantitative estimate of drug-likeness (QED) is 0.327. The minimum Gasteiger partial charge on any atom is -0.353 e. The number of carbonyl (C=O) groups is 1.